The van der Waals surface area contributed by atoms with Crippen LogP contribution in [-0.2, 0) is 47.6 Å². The number of ether oxygens (including phenoxy) is 6. The Balaban J connectivity index is 2.41. The summed E-state index contributed by atoms with van der Waals surface area (Å²) < 4.78 is 33.2. The second kappa shape index (κ2) is 24.5. The Labute approximate surface area is 262 Å². The van der Waals surface area contributed by atoms with E-state index in [1.807, 2.05) is 0 Å². The van der Waals surface area contributed by atoms with E-state index in [2.05, 4.69) is 6.92 Å². The van der Waals surface area contributed by atoms with Gasteiger partial charge in [0.2, 0.25) is 0 Å². The van der Waals surface area contributed by atoms with Crippen LogP contribution in [0.2, 0.25) is 0 Å². The van der Waals surface area contributed by atoms with E-state index in [4.69, 9.17) is 28.4 Å². The monoisotopic (exact) mass is 632 g/mol. The van der Waals surface area contributed by atoms with Crippen molar-refractivity contribution in [1.82, 2.24) is 0 Å². The van der Waals surface area contributed by atoms with Crippen LogP contribution in [-0.4, -0.2) is 79.3 Å². The second-order valence-electron chi connectivity index (χ2n) is 11.1. The molecule has 11 heteroatoms. The molecule has 0 aromatic carbocycles. The van der Waals surface area contributed by atoms with Gasteiger partial charge < -0.3 is 28.4 Å². The van der Waals surface area contributed by atoms with Gasteiger partial charge in [0.25, 0.3) is 0 Å². The molecule has 0 saturated carbocycles. The SMILES string of the molecule is CCCCCCCCCCCCCCCCSCCO[C@@H]1O[C@H](COC(C)=O)[C@@H](OC(C)=O)[C@H](OC(C)=O)[C@H]1OC(C)=O. The van der Waals surface area contributed by atoms with Crippen molar-refractivity contribution in [1.29, 1.82) is 0 Å². The zero-order valence-corrected chi connectivity index (χ0v) is 27.9. The summed E-state index contributed by atoms with van der Waals surface area (Å²) in [4.78, 5) is 47.1. The van der Waals surface area contributed by atoms with Crippen LogP contribution in [0, 0.1) is 0 Å². The van der Waals surface area contributed by atoms with Gasteiger partial charge in [-0.15, -0.1) is 0 Å². The highest BCUT2D eigenvalue weighted by atomic mass is 32.2. The number of hydrogen-bond donors (Lipinski definition) is 0. The number of unbranched alkanes of at least 4 members (excludes halogenated alkanes) is 13. The molecule has 5 atom stereocenters. The van der Waals surface area contributed by atoms with E-state index in [9.17, 15) is 19.2 Å². The molecule has 1 aliphatic rings. The quantitative estimate of drug-likeness (QED) is 0.0676. The van der Waals surface area contributed by atoms with Crippen LogP contribution in [0.15, 0.2) is 0 Å². The molecule has 0 aliphatic carbocycles. The minimum atomic E-state index is -1.21. The molecule has 1 saturated heterocycles. The average Bonchev–Trinajstić information content (AvgIpc) is 2.93. The third-order valence-electron chi connectivity index (χ3n) is 7.10. The van der Waals surface area contributed by atoms with Gasteiger partial charge >= 0.3 is 23.9 Å². The smallest absolute Gasteiger partial charge is 0.303 e. The summed E-state index contributed by atoms with van der Waals surface area (Å²) in [5, 5.41) is 0. The second-order valence-corrected chi connectivity index (χ2v) is 12.4. The molecule has 0 aromatic heterocycles. The Morgan fingerprint density at radius 3 is 1.53 bits per heavy atom. The van der Waals surface area contributed by atoms with Gasteiger partial charge in [-0.3, -0.25) is 19.2 Å². The van der Waals surface area contributed by atoms with Crippen LogP contribution in [0.5, 0.6) is 0 Å². The van der Waals surface area contributed by atoms with Crippen molar-refractivity contribution in [3.63, 3.8) is 0 Å². The Kier molecular flexibility index (Phi) is 22.3. The normalized spacial score (nSPS) is 21.7. The Hall–Kier alpha value is -1.85. The molecular formula is C32H56O10S. The number of rotatable bonds is 24. The zero-order chi connectivity index (χ0) is 31.9. The molecule has 0 bridgehead atoms. The highest BCUT2D eigenvalue weighted by Crippen LogP contribution is 2.30. The highest BCUT2D eigenvalue weighted by Gasteiger charge is 2.52. The topological polar surface area (TPSA) is 124 Å². The first kappa shape index (κ1) is 39.2. The van der Waals surface area contributed by atoms with Gasteiger partial charge in [-0.05, 0) is 12.2 Å². The molecule has 250 valence electrons. The standard InChI is InChI=1S/C32H56O10S/c1-6-7-8-9-10-11-12-13-14-15-16-17-18-19-21-43-22-20-37-32-31(41-27(5)36)30(40-26(4)35)29(39-25(3)34)28(42-32)23-38-24(2)33/h28-32H,6-23H2,1-5H3/t28-,29-,30+,31-,32-/m1/s1. The first-order valence-electron chi connectivity index (χ1n) is 16.2. The van der Waals surface area contributed by atoms with Crippen molar-refractivity contribution in [3.8, 4) is 0 Å². The average molecular weight is 633 g/mol. The van der Waals surface area contributed by atoms with E-state index in [0.29, 0.717) is 5.75 Å². The van der Waals surface area contributed by atoms with Crippen molar-refractivity contribution in [3.05, 3.63) is 0 Å². The largest absolute Gasteiger partial charge is 0.463 e. The first-order valence-corrected chi connectivity index (χ1v) is 17.3. The Morgan fingerprint density at radius 2 is 1.05 bits per heavy atom. The Bertz CT molecular complexity index is 792. The van der Waals surface area contributed by atoms with Gasteiger partial charge in [0.15, 0.2) is 24.6 Å². The maximum Gasteiger partial charge on any atom is 0.303 e. The molecule has 43 heavy (non-hydrogen) atoms. The lowest BCUT2D eigenvalue weighted by molar-refractivity contribution is -0.307. The van der Waals surface area contributed by atoms with Crippen molar-refractivity contribution in [2.24, 2.45) is 0 Å². The van der Waals surface area contributed by atoms with Gasteiger partial charge in [-0.25, -0.2) is 0 Å². The van der Waals surface area contributed by atoms with Gasteiger partial charge in [0.1, 0.15) is 12.7 Å². The molecule has 1 aliphatic heterocycles. The summed E-state index contributed by atoms with van der Waals surface area (Å²) in [7, 11) is 0. The summed E-state index contributed by atoms with van der Waals surface area (Å²) in [5.41, 5.74) is 0. The van der Waals surface area contributed by atoms with Gasteiger partial charge in [-0.1, -0.05) is 90.4 Å². The van der Waals surface area contributed by atoms with Crippen LogP contribution in [0.3, 0.4) is 0 Å². The number of thioether (sulfide) groups is 1. The molecule has 0 spiro atoms. The van der Waals surface area contributed by atoms with Crippen LogP contribution < -0.4 is 0 Å². The number of esters is 4. The summed E-state index contributed by atoms with van der Waals surface area (Å²) in [6, 6.07) is 0. The molecular weight excluding hydrogens is 576 g/mol. The predicted molar refractivity (Wildman–Crippen MR) is 166 cm³/mol. The summed E-state index contributed by atoms with van der Waals surface area (Å²) in [6.45, 7) is 7.10. The predicted octanol–water partition coefficient (Wildman–Crippen LogP) is 6.30. The number of carbonyl (C=O) groups is 4. The van der Waals surface area contributed by atoms with Crippen LogP contribution in [0.25, 0.3) is 0 Å². The lowest BCUT2D eigenvalue weighted by Crippen LogP contribution is -2.63. The maximum atomic E-state index is 11.9. The first-order chi connectivity index (χ1) is 20.6. The molecule has 0 amide bonds. The third kappa shape index (κ3) is 19.2. The minimum absolute atomic E-state index is 0.272. The van der Waals surface area contributed by atoms with Crippen molar-refractivity contribution >= 4 is 35.6 Å². The summed E-state index contributed by atoms with van der Waals surface area (Å²) >= 11 is 1.76. The molecule has 10 nitrogen and oxygen atoms in total. The lowest BCUT2D eigenvalue weighted by Gasteiger charge is -2.44. The van der Waals surface area contributed by atoms with E-state index < -0.39 is 54.6 Å². The van der Waals surface area contributed by atoms with E-state index in [1.165, 1.54) is 111 Å². The van der Waals surface area contributed by atoms with E-state index in [0.717, 1.165) is 12.2 Å². The minimum Gasteiger partial charge on any atom is -0.463 e. The highest BCUT2D eigenvalue weighted by molar-refractivity contribution is 7.99. The summed E-state index contributed by atoms with van der Waals surface area (Å²) in [6.07, 6.45) is 12.9. The van der Waals surface area contributed by atoms with Crippen LogP contribution >= 0.6 is 11.8 Å². The van der Waals surface area contributed by atoms with E-state index >= 15 is 0 Å². The molecule has 0 unspecified atom stereocenters. The third-order valence-corrected chi connectivity index (χ3v) is 8.13. The molecule has 1 fully saturated rings. The number of hydrogen-bond acceptors (Lipinski definition) is 11. The summed E-state index contributed by atoms with van der Waals surface area (Å²) in [5.74, 6) is -0.847. The molecule has 0 N–H and O–H groups in total. The molecule has 0 radical (unpaired) electrons. The fourth-order valence-corrected chi connectivity index (χ4v) is 5.87. The molecule has 0 aromatic rings. The van der Waals surface area contributed by atoms with Gasteiger partial charge in [-0.2, -0.15) is 11.8 Å². The van der Waals surface area contributed by atoms with Crippen LogP contribution in [0.1, 0.15) is 125 Å². The zero-order valence-electron chi connectivity index (χ0n) is 27.1. The maximum absolute atomic E-state index is 11.9. The number of carbonyl (C=O) groups excluding carboxylic acids is 4. The fourth-order valence-electron chi connectivity index (χ4n) is 5.05. The van der Waals surface area contributed by atoms with Crippen LogP contribution in [0.4, 0.5) is 0 Å². The van der Waals surface area contributed by atoms with Gasteiger partial charge in [0, 0.05) is 33.4 Å². The van der Waals surface area contributed by atoms with Crippen molar-refractivity contribution in [2.45, 2.75) is 155 Å². The van der Waals surface area contributed by atoms with Crippen molar-refractivity contribution in [2.75, 3.05) is 24.7 Å². The van der Waals surface area contributed by atoms with Crippen molar-refractivity contribution < 1.29 is 47.6 Å². The van der Waals surface area contributed by atoms with Gasteiger partial charge in [0.05, 0.1) is 6.61 Å². The fraction of sp³-hybridized carbons (Fsp3) is 0.875. The lowest BCUT2D eigenvalue weighted by atomic mass is 9.98. The van der Waals surface area contributed by atoms with E-state index in [-0.39, 0.29) is 13.2 Å². The molecule has 1 rings (SSSR count). The van der Waals surface area contributed by atoms with E-state index in [1.54, 1.807) is 11.8 Å². The molecule has 1 heterocycles. The Morgan fingerprint density at radius 1 is 0.581 bits per heavy atom.